The van der Waals surface area contributed by atoms with Crippen LogP contribution in [0, 0.1) is 19.8 Å². The maximum Gasteiger partial charge on any atom is 0.243 e. The van der Waals surface area contributed by atoms with Gasteiger partial charge >= 0.3 is 0 Å². The van der Waals surface area contributed by atoms with Gasteiger partial charge in [0.15, 0.2) is 0 Å². The molecule has 106 valence electrons. The van der Waals surface area contributed by atoms with E-state index in [-0.39, 0.29) is 5.92 Å². The fraction of sp³-hybridized carbons (Fsp3) is 0.571. The fourth-order valence-electron chi connectivity index (χ4n) is 2.49. The molecule has 0 saturated carbocycles. The summed E-state index contributed by atoms with van der Waals surface area (Å²) in [5.74, 6) is 0.0416. The number of hydrogen-bond acceptors (Lipinski definition) is 3. The minimum Gasteiger partial charge on any atom is -0.393 e. The summed E-state index contributed by atoms with van der Waals surface area (Å²) in [5, 5.41) is 9.58. The Morgan fingerprint density at radius 3 is 2.63 bits per heavy atom. The van der Waals surface area contributed by atoms with E-state index in [1.807, 2.05) is 26.0 Å². The van der Waals surface area contributed by atoms with Crippen molar-refractivity contribution >= 4 is 10.0 Å². The molecule has 1 aliphatic rings. The first-order valence-electron chi connectivity index (χ1n) is 6.58. The molecule has 1 N–H and O–H groups in total. The third-order valence-electron chi connectivity index (χ3n) is 3.83. The van der Waals surface area contributed by atoms with Gasteiger partial charge in [0.2, 0.25) is 10.0 Å². The van der Waals surface area contributed by atoms with Gasteiger partial charge in [-0.3, -0.25) is 0 Å². The van der Waals surface area contributed by atoms with Gasteiger partial charge < -0.3 is 5.11 Å². The van der Waals surface area contributed by atoms with E-state index in [1.54, 1.807) is 13.0 Å². The van der Waals surface area contributed by atoms with E-state index in [0.717, 1.165) is 17.5 Å². The predicted octanol–water partition coefficient (Wildman–Crippen LogP) is 1.69. The predicted molar refractivity (Wildman–Crippen MR) is 74.5 cm³/mol. The van der Waals surface area contributed by atoms with Gasteiger partial charge in [-0.2, -0.15) is 4.31 Å². The SMILES string of the molecule is Cc1ccc(C)c(S(=O)(=O)N2CCC(C(C)O)C2)c1. The molecule has 1 fully saturated rings. The molecular formula is C14H21NO3S. The summed E-state index contributed by atoms with van der Waals surface area (Å²) < 4.78 is 26.7. The molecule has 1 aromatic carbocycles. The zero-order valence-corrected chi connectivity index (χ0v) is 12.4. The van der Waals surface area contributed by atoms with E-state index in [2.05, 4.69) is 0 Å². The molecule has 1 heterocycles. The Bertz CT molecular complexity index is 566. The lowest BCUT2D eigenvalue weighted by Crippen LogP contribution is -2.31. The Morgan fingerprint density at radius 1 is 1.37 bits per heavy atom. The molecule has 1 saturated heterocycles. The minimum atomic E-state index is -3.44. The summed E-state index contributed by atoms with van der Waals surface area (Å²) >= 11 is 0. The highest BCUT2D eigenvalue weighted by atomic mass is 32.2. The lowest BCUT2D eigenvalue weighted by molar-refractivity contribution is 0.133. The molecule has 0 bridgehead atoms. The summed E-state index contributed by atoms with van der Waals surface area (Å²) in [6.07, 6.45) is 0.265. The van der Waals surface area contributed by atoms with E-state index in [1.165, 1.54) is 4.31 Å². The summed E-state index contributed by atoms with van der Waals surface area (Å²) in [5.41, 5.74) is 1.71. The zero-order valence-electron chi connectivity index (χ0n) is 11.6. The maximum absolute atomic E-state index is 12.6. The lowest BCUT2D eigenvalue weighted by atomic mass is 10.0. The van der Waals surface area contributed by atoms with Crippen molar-refractivity contribution in [3.8, 4) is 0 Å². The highest BCUT2D eigenvalue weighted by Crippen LogP contribution is 2.28. The Balaban J connectivity index is 2.31. The molecule has 1 aromatic rings. The number of rotatable bonds is 3. The molecular weight excluding hydrogens is 262 g/mol. The fourth-order valence-corrected chi connectivity index (χ4v) is 4.31. The van der Waals surface area contributed by atoms with Gasteiger partial charge in [0.25, 0.3) is 0 Å². The van der Waals surface area contributed by atoms with Crippen molar-refractivity contribution in [1.82, 2.24) is 4.31 Å². The number of nitrogens with zero attached hydrogens (tertiary/aromatic N) is 1. The Kier molecular flexibility index (Phi) is 3.99. The highest BCUT2D eigenvalue weighted by molar-refractivity contribution is 7.89. The van der Waals surface area contributed by atoms with Crippen LogP contribution in [0.4, 0.5) is 0 Å². The molecule has 19 heavy (non-hydrogen) atoms. The average Bonchev–Trinajstić information content (AvgIpc) is 2.82. The van der Waals surface area contributed by atoms with Crippen LogP contribution < -0.4 is 0 Å². The van der Waals surface area contributed by atoms with Crippen LogP contribution in [-0.2, 0) is 10.0 Å². The van der Waals surface area contributed by atoms with Crippen LogP contribution in [0.25, 0.3) is 0 Å². The molecule has 0 amide bonds. The first-order chi connectivity index (χ1) is 8.82. The van der Waals surface area contributed by atoms with E-state index in [9.17, 15) is 13.5 Å². The number of sulfonamides is 1. The van der Waals surface area contributed by atoms with Crippen molar-refractivity contribution in [2.45, 2.75) is 38.2 Å². The molecule has 5 heteroatoms. The molecule has 0 spiro atoms. The van der Waals surface area contributed by atoms with Gasteiger partial charge in [-0.1, -0.05) is 12.1 Å². The van der Waals surface area contributed by atoms with E-state index in [0.29, 0.717) is 18.0 Å². The van der Waals surface area contributed by atoms with Gasteiger partial charge in [-0.05, 0) is 50.3 Å². The summed E-state index contributed by atoms with van der Waals surface area (Å²) in [6, 6.07) is 5.47. The van der Waals surface area contributed by atoms with E-state index >= 15 is 0 Å². The summed E-state index contributed by atoms with van der Waals surface area (Å²) in [4.78, 5) is 0.388. The Hall–Kier alpha value is -0.910. The van der Waals surface area contributed by atoms with Crippen molar-refractivity contribution < 1.29 is 13.5 Å². The van der Waals surface area contributed by atoms with Crippen LogP contribution in [0.15, 0.2) is 23.1 Å². The van der Waals surface area contributed by atoms with Crippen molar-refractivity contribution in [2.24, 2.45) is 5.92 Å². The maximum atomic E-state index is 12.6. The van der Waals surface area contributed by atoms with E-state index < -0.39 is 16.1 Å². The third-order valence-corrected chi connectivity index (χ3v) is 5.84. The van der Waals surface area contributed by atoms with E-state index in [4.69, 9.17) is 0 Å². The lowest BCUT2D eigenvalue weighted by Gasteiger charge is -2.19. The van der Waals surface area contributed by atoms with Crippen molar-refractivity contribution in [3.63, 3.8) is 0 Å². The molecule has 2 atom stereocenters. The van der Waals surface area contributed by atoms with Gasteiger partial charge in [0.1, 0.15) is 0 Å². The van der Waals surface area contributed by atoms with Crippen molar-refractivity contribution in [3.05, 3.63) is 29.3 Å². The second-order valence-electron chi connectivity index (χ2n) is 5.42. The van der Waals surface area contributed by atoms with Gasteiger partial charge in [0, 0.05) is 13.1 Å². The Morgan fingerprint density at radius 2 is 2.05 bits per heavy atom. The van der Waals surface area contributed by atoms with Crippen molar-refractivity contribution in [1.29, 1.82) is 0 Å². The van der Waals surface area contributed by atoms with Crippen LogP contribution >= 0.6 is 0 Å². The standard InChI is InChI=1S/C14H21NO3S/c1-10-4-5-11(2)14(8-10)19(17,18)15-7-6-13(9-15)12(3)16/h4-5,8,12-13,16H,6-7,9H2,1-3H3. The smallest absolute Gasteiger partial charge is 0.243 e. The molecule has 4 nitrogen and oxygen atoms in total. The monoisotopic (exact) mass is 283 g/mol. The van der Waals surface area contributed by atoms with Crippen molar-refractivity contribution in [2.75, 3.05) is 13.1 Å². The number of hydrogen-bond donors (Lipinski definition) is 1. The first kappa shape index (κ1) is 14.5. The molecule has 0 aliphatic carbocycles. The minimum absolute atomic E-state index is 0.0416. The number of aliphatic hydroxyl groups is 1. The number of benzene rings is 1. The summed E-state index contributed by atoms with van der Waals surface area (Å²) in [7, 11) is -3.44. The van der Waals surface area contributed by atoms with Crippen LogP contribution in [0.2, 0.25) is 0 Å². The van der Waals surface area contributed by atoms with Gasteiger partial charge in [0.05, 0.1) is 11.0 Å². The second kappa shape index (κ2) is 5.23. The van der Waals surface area contributed by atoms with Crippen LogP contribution in [0.5, 0.6) is 0 Å². The number of aliphatic hydroxyl groups excluding tert-OH is 1. The zero-order chi connectivity index (χ0) is 14.2. The van der Waals surface area contributed by atoms with Crippen LogP contribution in [0.1, 0.15) is 24.5 Å². The van der Waals surface area contributed by atoms with Gasteiger partial charge in [-0.15, -0.1) is 0 Å². The number of aryl methyl sites for hydroxylation is 2. The normalized spacial score (nSPS) is 22.6. The molecule has 0 aromatic heterocycles. The van der Waals surface area contributed by atoms with Crippen LogP contribution in [-0.4, -0.2) is 37.0 Å². The third kappa shape index (κ3) is 2.83. The molecule has 1 aliphatic heterocycles. The highest BCUT2D eigenvalue weighted by Gasteiger charge is 2.34. The molecule has 2 unspecified atom stereocenters. The second-order valence-corrected chi connectivity index (χ2v) is 7.33. The average molecular weight is 283 g/mol. The summed E-state index contributed by atoms with van der Waals surface area (Å²) in [6.45, 7) is 6.33. The molecule has 2 rings (SSSR count). The largest absolute Gasteiger partial charge is 0.393 e. The van der Waals surface area contributed by atoms with Crippen LogP contribution in [0.3, 0.4) is 0 Å². The topological polar surface area (TPSA) is 57.6 Å². The molecule has 0 radical (unpaired) electrons. The first-order valence-corrected chi connectivity index (χ1v) is 8.02. The van der Waals surface area contributed by atoms with Gasteiger partial charge in [-0.25, -0.2) is 8.42 Å². The Labute approximate surface area is 115 Å². The quantitative estimate of drug-likeness (QED) is 0.918.